The Morgan fingerprint density at radius 3 is 2.54 bits per heavy atom. The molecule has 0 aromatic heterocycles. The Balaban J connectivity index is 2.51. The van der Waals surface area contributed by atoms with Crippen LogP contribution >= 0.6 is 0 Å². The van der Waals surface area contributed by atoms with Crippen molar-refractivity contribution in [3.63, 3.8) is 0 Å². The van der Waals surface area contributed by atoms with Gasteiger partial charge in [-0.15, -0.1) is 0 Å². The molecule has 0 unspecified atom stereocenters. The van der Waals surface area contributed by atoms with Crippen LogP contribution in [0, 0.1) is 0 Å². The lowest BCUT2D eigenvalue weighted by Gasteiger charge is -1.99. The topological polar surface area (TPSA) is 37.3 Å². The fraction of sp³-hybridized carbons (Fsp3) is 0.182. The second-order valence-corrected chi connectivity index (χ2v) is 3.29. The van der Waals surface area contributed by atoms with Crippen molar-refractivity contribution in [1.82, 2.24) is 0 Å². The highest BCUT2D eigenvalue weighted by molar-refractivity contribution is 5.97. The standard InChI is InChI=1S/C11H10O2/c1-7-6-10(7)8-4-2-3-5-9(8)11(12)13/h2-5H,6H2,1H3,(H,12,13). The van der Waals surface area contributed by atoms with E-state index < -0.39 is 5.97 Å². The van der Waals surface area contributed by atoms with Crippen LogP contribution in [0.2, 0.25) is 0 Å². The number of hydrogen-bond acceptors (Lipinski definition) is 1. The van der Waals surface area contributed by atoms with Crippen molar-refractivity contribution in [1.29, 1.82) is 0 Å². The van der Waals surface area contributed by atoms with Crippen LogP contribution in [0.15, 0.2) is 29.8 Å². The smallest absolute Gasteiger partial charge is 0.336 e. The summed E-state index contributed by atoms with van der Waals surface area (Å²) in [5, 5.41) is 8.91. The molecule has 66 valence electrons. The first kappa shape index (κ1) is 8.05. The Morgan fingerprint density at radius 1 is 1.38 bits per heavy atom. The number of carboxylic acids is 1. The fourth-order valence-corrected chi connectivity index (χ4v) is 1.48. The van der Waals surface area contributed by atoms with Gasteiger partial charge in [0.05, 0.1) is 5.56 Å². The third-order valence-electron chi connectivity index (χ3n) is 2.31. The van der Waals surface area contributed by atoms with Crippen LogP contribution in [0.1, 0.15) is 29.3 Å². The molecular formula is C11H10O2. The van der Waals surface area contributed by atoms with Crippen LogP contribution in [0.5, 0.6) is 0 Å². The van der Waals surface area contributed by atoms with E-state index in [1.165, 1.54) is 11.1 Å². The monoisotopic (exact) mass is 174 g/mol. The van der Waals surface area contributed by atoms with Gasteiger partial charge in [-0.1, -0.05) is 23.8 Å². The molecule has 0 amide bonds. The van der Waals surface area contributed by atoms with Crippen LogP contribution in [-0.2, 0) is 0 Å². The van der Waals surface area contributed by atoms with E-state index >= 15 is 0 Å². The van der Waals surface area contributed by atoms with Gasteiger partial charge in [0.25, 0.3) is 0 Å². The van der Waals surface area contributed by atoms with Crippen molar-refractivity contribution in [2.75, 3.05) is 0 Å². The highest BCUT2D eigenvalue weighted by Gasteiger charge is 2.22. The van der Waals surface area contributed by atoms with Gasteiger partial charge in [-0.2, -0.15) is 0 Å². The maximum absolute atomic E-state index is 10.8. The van der Waals surface area contributed by atoms with E-state index in [0.717, 1.165) is 12.0 Å². The zero-order valence-electron chi connectivity index (χ0n) is 7.37. The van der Waals surface area contributed by atoms with Crippen molar-refractivity contribution >= 4 is 11.5 Å². The van der Waals surface area contributed by atoms with E-state index in [1.807, 2.05) is 19.1 Å². The molecule has 2 heteroatoms. The molecule has 0 fully saturated rings. The molecule has 0 saturated heterocycles. The Kier molecular flexibility index (Phi) is 1.69. The second kappa shape index (κ2) is 2.73. The van der Waals surface area contributed by atoms with Gasteiger partial charge in [0.1, 0.15) is 0 Å². The van der Waals surface area contributed by atoms with E-state index in [9.17, 15) is 4.79 Å². The Morgan fingerprint density at radius 2 is 2.00 bits per heavy atom. The first-order chi connectivity index (χ1) is 6.20. The molecule has 1 aliphatic carbocycles. The first-order valence-corrected chi connectivity index (χ1v) is 4.21. The zero-order chi connectivity index (χ0) is 9.42. The lowest BCUT2D eigenvalue weighted by atomic mass is 10.1. The van der Waals surface area contributed by atoms with Gasteiger partial charge >= 0.3 is 5.97 Å². The van der Waals surface area contributed by atoms with E-state index in [1.54, 1.807) is 12.1 Å². The van der Waals surface area contributed by atoms with Gasteiger partial charge < -0.3 is 5.11 Å². The maximum atomic E-state index is 10.8. The summed E-state index contributed by atoms with van der Waals surface area (Å²) in [7, 11) is 0. The third kappa shape index (κ3) is 1.35. The molecule has 0 bridgehead atoms. The second-order valence-electron chi connectivity index (χ2n) is 3.29. The largest absolute Gasteiger partial charge is 0.478 e. The number of benzene rings is 1. The molecule has 2 nitrogen and oxygen atoms in total. The number of carbonyl (C=O) groups is 1. The summed E-state index contributed by atoms with van der Waals surface area (Å²) in [6.45, 7) is 2.04. The van der Waals surface area contributed by atoms with Gasteiger partial charge in [-0.05, 0) is 30.5 Å². The summed E-state index contributed by atoms with van der Waals surface area (Å²) in [6.07, 6.45) is 0.963. The van der Waals surface area contributed by atoms with Crippen LogP contribution in [0.4, 0.5) is 0 Å². The van der Waals surface area contributed by atoms with E-state index in [4.69, 9.17) is 5.11 Å². The van der Waals surface area contributed by atoms with E-state index in [-0.39, 0.29) is 0 Å². The Hall–Kier alpha value is -1.57. The zero-order valence-corrected chi connectivity index (χ0v) is 7.37. The highest BCUT2D eigenvalue weighted by Crippen LogP contribution is 2.40. The first-order valence-electron chi connectivity index (χ1n) is 4.21. The minimum atomic E-state index is -0.845. The molecular weight excluding hydrogens is 164 g/mol. The Labute approximate surface area is 76.5 Å². The van der Waals surface area contributed by atoms with Crippen molar-refractivity contribution in [3.05, 3.63) is 41.0 Å². The summed E-state index contributed by atoms with van der Waals surface area (Å²) < 4.78 is 0. The van der Waals surface area contributed by atoms with Crippen molar-refractivity contribution in [3.8, 4) is 0 Å². The van der Waals surface area contributed by atoms with Crippen LogP contribution in [0.3, 0.4) is 0 Å². The van der Waals surface area contributed by atoms with Crippen LogP contribution in [0.25, 0.3) is 5.57 Å². The lowest BCUT2D eigenvalue weighted by Crippen LogP contribution is -1.99. The quantitative estimate of drug-likeness (QED) is 0.748. The molecule has 1 aliphatic rings. The van der Waals surface area contributed by atoms with E-state index in [0.29, 0.717) is 5.56 Å². The number of carboxylic acid groups (broad SMARTS) is 1. The van der Waals surface area contributed by atoms with Gasteiger partial charge in [0.15, 0.2) is 0 Å². The molecule has 1 N–H and O–H groups in total. The number of rotatable bonds is 2. The van der Waals surface area contributed by atoms with Gasteiger partial charge in [0, 0.05) is 0 Å². The molecule has 0 saturated carbocycles. The molecule has 0 aliphatic heterocycles. The van der Waals surface area contributed by atoms with E-state index in [2.05, 4.69) is 0 Å². The summed E-state index contributed by atoms with van der Waals surface area (Å²) in [4.78, 5) is 10.8. The number of hydrogen-bond donors (Lipinski definition) is 1. The van der Waals surface area contributed by atoms with Gasteiger partial charge in [0.2, 0.25) is 0 Å². The lowest BCUT2D eigenvalue weighted by molar-refractivity contribution is 0.0696. The molecule has 0 atom stereocenters. The summed E-state index contributed by atoms with van der Waals surface area (Å²) in [5.41, 5.74) is 3.79. The average molecular weight is 174 g/mol. The Bertz CT molecular complexity index is 402. The SMILES string of the molecule is CC1=C(c2ccccc2C(=O)O)C1. The average Bonchev–Trinajstić information content (AvgIpc) is 2.82. The van der Waals surface area contributed by atoms with Crippen LogP contribution in [-0.4, -0.2) is 11.1 Å². The number of allylic oxidation sites excluding steroid dienone is 2. The molecule has 0 spiro atoms. The van der Waals surface area contributed by atoms with Crippen molar-refractivity contribution < 1.29 is 9.90 Å². The molecule has 2 rings (SSSR count). The molecule has 1 aromatic carbocycles. The predicted molar refractivity (Wildman–Crippen MR) is 50.6 cm³/mol. The fourth-order valence-electron chi connectivity index (χ4n) is 1.48. The van der Waals surface area contributed by atoms with Gasteiger partial charge in [-0.25, -0.2) is 4.79 Å². The molecule has 0 radical (unpaired) electrons. The van der Waals surface area contributed by atoms with Crippen molar-refractivity contribution in [2.45, 2.75) is 13.3 Å². The van der Waals surface area contributed by atoms with Crippen LogP contribution < -0.4 is 0 Å². The molecule has 1 aromatic rings. The number of aromatic carboxylic acids is 1. The predicted octanol–water partition coefficient (Wildman–Crippen LogP) is 2.56. The maximum Gasteiger partial charge on any atom is 0.336 e. The molecule has 13 heavy (non-hydrogen) atoms. The minimum absolute atomic E-state index is 0.411. The summed E-state index contributed by atoms with van der Waals surface area (Å²) in [5.74, 6) is -0.845. The molecule has 0 heterocycles. The highest BCUT2D eigenvalue weighted by atomic mass is 16.4. The minimum Gasteiger partial charge on any atom is -0.478 e. The summed E-state index contributed by atoms with van der Waals surface area (Å²) >= 11 is 0. The third-order valence-corrected chi connectivity index (χ3v) is 2.31. The normalized spacial score (nSPS) is 14.5. The summed E-state index contributed by atoms with van der Waals surface area (Å²) in [6, 6.07) is 7.15. The van der Waals surface area contributed by atoms with Gasteiger partial charge in [-0.3, -0.25) is 0 Å². The van der Waals surface area contributed by atoms with Crippen molar-refractivity contribution in [2.24, 2.45) is 0 Å².